The normalized spacial score (nSPS) is 15.3. The van der Waals surface area contributed by atoms with Crippen LogP contribution in [0.2, 0.25) is 0 Å². The quantitative estimate of drug-likeness (QED) is 0.645. The second-order valence-electron chi connectivity index (χ2n) is 4.46. The molecule has 1 unspecified atom stereocenters. The summed E-state index contributed by atoms with van der Waals surface area (Å²) in [5, 5.41) is 21.1. The first kappa shape index (κ1) is 14.0. The molecule has 102 valence electrons. The Bertz CT molecular complexity index is 493. The average Bonchev–Trinajstić information content (AvgIpc) is 2.75. The third kappa shape index (κ3) is 2.78. The minimum absolute atomic E-state index is 0.129. The molecule has 1 aromatic carbocycles. The van der Waals surface area contributed by atoms with Crippen LogP contribution in [-0.4, -0.2) is 35.8 Å². The van der Waals surface area contributed by atoms with Crippen molar-refractivity contribution >= 4 is 18.5 Å². The van der Waals surface area contributed by atoms with Crippen molar-refractivity contribution in [2.75, 3.05) is 6.61 Å². The summed E-state index contributed by atoms with van der Waals surface area (Å²) >= 11 is 0. The first-order chi connectivity index (χ1) is 9.06. The first-order valence-electron chi connectivity index (χ1n) is 6.10. The molecular weight excluding hydrogens is 252 g/mol. The van der Waals surface area contributed by atoms with Gasteiger partial charge >= 0.3 is 7.12 Å². The number of benzene rings is 1. The van der Waals surface area contributed by atoms with Crippen molar-refractivity contribution in [2.45, 2.75) is 26.0 Å². The molecule has 0 aromatic heterocycles. The molecule has 0 aliphatic carbocycles. The van der Waals surface area contributed by atoms with Gasteiger partial charge in [0.05, 0.1) is 24.8 Å². The molecule has 1 atom stereocenters. The fourth-order valence-electron chi connectivity index (χ4n) is 1.96. The average molecular weight is 267 g/mol. The van der Waals surface area contributed by atoms with E-state index in [4.69, 9.17) is 9.76 Å². The molecule has 1 aliphatic rings. The van der Waals surface area contributed by atoms with Crippen molar-refractivity contribution in [3.8, 4) is 0 Å². The van der Waals surface area contributed by atoms with Crippen molar-refractivity contribution in [1.29, 1.82) is 0 Å². The summed E-state index contributed by atoms with van der Waals surface area (Å²) in [6, 6.07) is 2.07. The Labute approximate surface area is 110 Å². The van der Waals surface area contributed by atoms with Crippen LogP contribution >= 0.6 is 0 Å². The Balaban J connectivity index is 2.25. The van der Waals surface area contributed by atoms with Gasteiger partial charge in [0.15, 0.2) is 0 Å². The number of carbonyl (C=O) groups excluding carboxylic acids is 1. The van der Waals surface area contributed by atoms with E-state index in [-0.39, 0.29) is 18.8 Å². The zero-order valence-corrected chi connectivity index (χ0v) is 10.5. The Morgan fingerprint density at radius 1 is 1.63 bits per heavy atom. The van der Waals surface area contributed by atoms with Crippen molar-refractivity contribution < 1.29 is 24.0 Å². The molecule has 3 N–H and O–H groups in total. The van der Waals surface area contributed by atoms with Crippen molar-refractivity contribution in [1.82, 2.24) is 5.32 Å². The van der Waals surface area contributed by atoms with Gasteiger partial charge in [-0.2, -0.15) is 0 Å². The Morgan fingerprint density at radius 2 is 2.37 bits per heavy atom. The predicted molar refractivity (Wildman–Crippen MR) is 67.4 cm³/mol. The van der Waals surface area contributed by atoms with Crippen LogP contribution in [0.1, 0.15) is 29.3 Å². The number of amides is 1. The summed E-state index contributed by atoms with van der Waals surface area (Å²) in [6.45, 7) is 1.72. The van der Waals surface area contributed by atoms with Gasteiger partial charge in [0.25, 0.3) is 5.91 Å². The lowest BCUT2D eigenvalue weighted by molar-refractivity contribution is 0.0911. The first-order valence-corrected chi connectivity index (χ1v) is 6.10. The molecule has 0 fully saturated rings. The van der Waals surface area contributed by atoms with E-state index < -0.39 is 24.9 Å². The second-order valence-corrected chi connectivity index (χ2v) is 4.46. The van der Waals surface area contributed by atoms with E-state index in [0.29, 0.717) is 17.4 Å². The summed E-state index contributed by atoms with van der Waals surface area (Å²) < 4.78 is 18.8. The van der Waals surface area contributed by atoms with Crippen LogP contribution in [0.4, 0.5) is 4.39 Å². The van der Waals surface area contributed by atoms with Crippen molar-refractivity contribution in [3.05, 3.63) is 29.1 Å². The molecule has 7 heteroatoms. The maximum Gasteiger partial charge on any atom is 0.491 e. The smallest absolute Gasteiger partial charge is 0.423 e. The van der Waals surface area contributed by atoms with Gasteiger partial charge in [-0.15, -0.1) is 0 Å². The van der Waals surface area contributed by atoms with Crippen molar-refractivity contribution in [2.24, 2.45) is 0 Å². The van der Waals surface area contributed by atoms with Gasteiger partial charge in [0.2, 0.25) is 0 Å². The minimum Gasteiger partial charge on any atom is -0.423 e. The second kappa shape index (κ2) is 5.69. The number of halogens is 1. The van der Waals surface area contributed by atoms with Crippen LogP contribution in [0.15, 0.2) is 12.1 Å². The van der Waals surface area contributed by atoms with Crippen LogP contribution in [0, 0.1) is 5.82 Å². The number of fused-ring (bicyclic) bond motifs is 1. The maximum atomic E-state index is 13.8. The molecule has 0 saturated carbocycles. The maximum absolute atomic E-state index is 13.8. The zero-order valence-electron chi connectivity index (χ0n) is 10.5. The van der Waals surface area contributed by atoms with Crippen LogP contribution in [0.3, 0.4) is 0 Å². The molecule has 0 radical (unpaired) electrons. The molecule has 1 heterocycles. The van der Waals surface area contributed by atoms with E-state index >= 15 is 0 Å². The third-order valence-corrected chi connectivity index (χ3v) is 3.18. The van der Waals surface area contributed by atoms with E-state index in [1.54, 1.807) is 6.92 Å². The van der Waals surface area contributed by atoms with E-state index in [9.17, 15) is 14.2 Å². The summed E-state index contributed by atoms with van der Waals surface area (Å²) in [5.41, 5.74) is 0.787. The van der Waals surface area contributed by atoms with E-state index in [1.165, 1.54) is 12.1 Å². The third-order valence-electron chi connectivity index (χ3n) is 3.18. The fourth-order valence-corrected chi connectivity index (χ4v) is 1.96. The highest BCUT2D eigenvalue weighted by atomic mass is 19.1. The van der Waals surface area contributed by atoms with E-state index in [2.05, 4.69) is 5.32 Å². The number of aliphatic hydroxyl groups excluding tert-OH is 1. The largest absolute Gasteiger partial charge is 0.491 e. The molecule has 0 spiro atoms. The lowest BCUT2D eigenvalue weighted by atomic mass is 9.78. The number of carbonyl (C=O) groups is 1. The molecular formula is C12H15BFNO4. The molecule has 0 bridgehead atoms. The highest BCUT2D eigenvalue weighted by Gasteiger charge is 2.30. The number of aliphatic hydroxyl groups is 1. The molecule has 19 heavy (non-hydrogen) atoms. The van der Waals surface area contributed by atoms with Crippen LogP contribution in [0.25, 0.3) is 0 Å². The SMILES string of the molecule is CCC(CO)NC(=O)c1cc2c(cc1F)COB2O. The van der Waals surface area contributed by atoms with Gasteiger partial charge in [-0.3, -0.25) is 4.79 Å². The number of hydrogen-bond donors (Lipinski definition) is 3. The zero-order chi connectivity index (χ0) is 14.0. The summed E-state index contributed by atoms with van der Waals surface area (Å²) in [7, 11) is -1.12. The lowest BCUT2D eigenvalue weighted by Gasteiger charge is -2.14. The Morgan fingerprint density at radius 3 is 3.00 bits per heavy atom. The van der Waals surface area contributed by atoms with Gasteiger partial charge in [0, 0.05) is 0 Å². The van der Waals surface area contributed by atoms with E-state index in [1.807, 2.05) is 0 Å². The highest BCUT2D eigenvalue weighted by molar-refractivity contribution is 6.61. The lowest BCUT2D eigenvalue weighted by Crippen LogP contribution is -2.38. The topological polar surface area (TPSA) is 78.8 Å². The standard InChI is InChI=1S/C12H15BFNO4/c1-2-8(5-16)15-12(17)9-4-10-7(3-11(9)14)6-19-13(10)18/h3-4,8,16,18H,2,5-6H2,1H3,(H,15,17). The van der Waals surface area contributed by atoms with Gasteiger partial charge in [-0.05, 0) is 29.6 Å². The van der Waals surface area contributed by atoms with Gasteiger partial charge < -0.3 is 20.1 Å². The molecule has 1 amide bonds. The molecule has 1 aromatic rings. The number of rotatable bonds is 4. The van der Waals surface area contributed by atoms with Gasteiger partial charge in [-0.1, -0.05) is 6.92 Å². The van der Waals surface area contributed by atoms with Crippen LogP contribution in [-0.2, 0) is 11.3 Å². The van der Waals surface area contributed by atoms with Crippen molar-refractivity contribution in [3.63, 3.8) is 0 Å². The Hall–Kier alpha value is -1.44. The summed E-state index contributed by atoms with van der Waals surface area (Å²) in [5.74, 6) is -1.28. The summed E-state index contributed by atoms with van der Waals surface area (Å²) in [4.78, 5) is 11.9. The number of hydrogen-bond acceptors (Lipinski definition) is 4. The Kier molecular flexibility index (Phi) is 4.19. The monoisotopic (exact) mass is 267 g/mol. The molecule has 1 aliphatic heterocycles. The summed E-state index contributed by atoms with van der Waals surface area (Å²) in [6.07, 6.45) is 0.542. The van der Waals surface area contributed by atoms with Crippen LogP contribution < -0.4 is 10.8 Å². The number of nitrogens with one attached hydrogen (secondary N) is 1. The van der Waals surface area contributed by atoms with Crippen LogP contribution in [0.5, 0.6) is 0 Å². The molecule has 0 saturated heterocycles. The predicted octanol–water partition coefficient (Wildman–Crippen LogP) is -0.456. The molecule has 5 nitrogen and oxygen atoms in total. The fraction of sp³-hybridized carbons (Fsp3) is 0.417. The highest BCUT2D eigenvalue weighted by Crippen LogP contribution is 2.15. The van der Waals surface area contributed by atoms with E-state index in [0.717, 1.165) is 0 Å². The van der Waals surface area contributed by atoms with Gasteiger partial charge in [-0.25, -0.2) is 4.39 Å². The molecule has 2 rings (SSSR count). The minimum atomic E-state index is -1.12. The van der Waals surface area contributed by atoms with Gasteiger partial charge in [0.1, 0.15) is 5.82 Å².